The second-order valence-electron chi connectivity index (χ2n) is 5.06. The number of fused-ring (bicyclic) bond motifs is 1. The molecular weight excluding hydrogens is 263 g/mol. The predicted octanol–water partition coefficient (Wildman–Crippen LogP) is 4.20. The van der Waals surface area contributed by atoms with Crippen molar-refractivity contribution in [2.45, 2.75) is 25.8 Å². The molecule has 0 spiro atoms. The molecule has 0 aliphatic heterocycles. The molecule has 0 atom stereocenters. The predicted molar refractivity (Wildman–Crippen MR) is 72.1 cm³/mol. The Labute approximate surface area is 115 Å². The Bertz CT molecular complexity index is 629. The van der Waals surface area contributed by atoms with Crippen LogP contribution in [-0.2, 0) is 19.4 Å². The number of anilines is 1. The summed E-state index contributed by atoms with van der Waals surface area (Å²) >= 11 is 0. The highest BCUT2D eigenvalue weighted by atomic mass is 19.2. The first-order valence-electron chi connectivity index (χ1n) is 6.62. The van der Waals surface area contributed by atoms with Gasteiger partial charge in [-0.2, -0.15) is 0 Å². The van der Waals surface area contributed by atoms with Crippen LogP contribution in [0.3, 0.4) is 0 Å². The quantitative estimate of drug-likeness (QED) is 0.829. The maximum Gasteiger partial charge on any atom is 0.194 e. The van der Waals surface area contributed by atoms with E-state index in [0.29, 0.717) is 6.54 Å². The number of hydrogen-bond acceptors (Lipinski definition) is 1. The van der Waals surface area contributed by atoms with Crippen LogP contribution in [0.5, 0.6) is 0 Å². The van der Waals surface area contributed by atoms with Gasteiger partial charge < -0.3 is 5.32 Å². The Morgan fingerprint density at radius 3 is 2.35 bits per heavy atom. The van der Waals surface area contributed by atoms with Gasteiger partial charge in [0.25, 0.3) is 0 Å². The smallest absolute Gasteiger partial charge is 0.194 e. The van der Waals surface area contributed by atoms with E-state index >= 15 is 0 Å². The van der Waals surface area contributed by atoms with Gasteiger partial charge in [-0.15, -0.1) is 0 Å². The summed E-state index contributed by atoms with van der Waals surface area (Å²) < 4.78 is 39.0. The molecule has 0 unspecified atom stereocenters. The fourth-order valence-corrected chi connectivity index (χ4v) is 2.60. The fourth-order valence-electron chi connectivity index (χ4n) is 2.60. The number of aryl methyl sites for hydroxylation is 2. The van der Waals surface area contributed by atoms with E-state index in [9.17, 15) is 13.2 Å². The lowest BCUT2D eigenvalue weighted by Crippen LogP contribution is -2.02. The number of hydrogen-bond donors (Lipinski definition) is 1. The molecule has 0 radical (unpaired) electrons. The lowest BCUT2D eigenvalue weighted by molar-refractivity contribution is 0.447. The molecule has 4 heteroatoms. The second-order valence-corrected chi connectivity index (χ2v) is 5.06. The van der Waals surface area contributed by atoms with Gasteiger partial charge in [-0.1, -0.05) is 18.2 Å². The maximum absolute atomic E-state index is 13.1. The number of rotatable bonds is 3. The van der Waals surface area contributed by atoms with Crippen molar-refractivity contribution < 1.29 is 13.2 Å². The van der Waals surface area contributed by atoms with Gasteiger partial charge in [0, 0.05) is 24.4 Å². The molecule has 20 heavy (non-hydrogen) atoms. The van der Waals surface area contributed by atoms with Gasteiger partial charge >= 0.3 is 0 Å². The van der Waals surface area contributed by atoms with E-state index in [4.69, 9.17) is 0 Å². The van der Waals surface area contributed by atoms with Crippen molar-refractivity contribution in [2.75, 3.05) is 5.32 Å². The van der Waals surface area contributed by atoms with Crippen molar-refractivity contribution in [3.05, 3.63) is 64.5 Å². The molecule has 0 fully saturated rings. The first kappa shape index (κ1) is 13.0. The molecule has 1 nitrogen and oxygen atoms in total. The van der Waals surface area contributed by atoms with Gasteiger partial charge in [0.15, 0.2) is 17.5 Å². The van der Waals surface area contributed by atoms with E-state index in [-0.39, 0.29) is 5.69 Å². The SMILES string of the molecule is Fc1cc(NCc2ccc3c(c2)CCC3)cc(F)c1F. The Morgan fingerprint density at radius 2 is 1.60 bits per heavy atom. The highest BCUT2D eigenvalue weighted by Crippen LogP contribution is 2.23. The molecule has 0 saturated heterocycles. The van der Waals surface area contributed by atoms with Crippen LogP contribution in [0, 0.1) is 17.5 Å². The van der Waals surface area contributed by atoms with Crippen molar-refractivity contribution in [1.29, 1.82) is 0 Å². The molecule has 0 amide bonds. The molecule has 0 heterocycles. The Morgan fingerprint density at radius 1 is 0.900 bits per heavy atom. The van der Waals surface area contributed by atoms with Crippen LogP contribution in [0.1, 0.15) is 23.1 Å². The van der Waals surface area contributed by atoms with Gasteiger partial charge in [-0.25, -0.2) is 13.2 Å². The third-order valence-corrected chi connectivity index (χ3v) is 3.64. The third-order valence-electron chi connectivity index (χ3n) is 3.64. The van der Waals surface area contributed by atoms with Crippen LogP contribution in [0.15, 0.2) is 30.3 Å². The van der Waals surface area contributed by atoms with Crippen LogP contribution in [0.2, 0.25) is 0 Å². The summed E-state index contributed by atoms with van der Waals surface area (Å²) in [6, 6.07) is 8.15. The van der Waals surface area contributed by atoms with E-state index in [0.717, 1.165) is 30.5 Å². The summed E-state index contributed by atoms with van der Waals surface area (Å²) in [5.41, 5.74) is 4.02. The van der Waals surface area contributed by atoms with Gasteiger partial charge in [-0.05, 0) is 36.0 Å². The molecule has 0 saturated carbocycles. The molecule has 1 aliphatic carbocycles. The monoisotopic (exact) mass is 277 g/mol. The number of benzene rings is 2. The average molecular weight is 277 g/mol. The molecule has 104 valence electrons. The zero-order chi connectivity index (χ0) is 14.1. The highest BCUT2D eigenvalue weighted by molar-refractivity contribution is 5.45. The van der Waals surface area contributed by atoms with Crippen molar-refractivity contribution >= 4 is 5.69 Å². The fraction of sp³-hybridized carbons (Fsp3) is 0.250. The van der Waals surface area contributed by atoms with E-state index < -0.39 is 17.5 Å². The summed E-state index contributed by atoms with van der Waals surface area (Å²) in [4.78, 5) is 0. The summed E-state index contributed by atoms with van der Waals surface area (Å²) in [6.07, 6.45) is 3.39. The topological polar surface area (TPSA) is 12.0 Å². The van der Waals surface area contributed by atoms with Crippen LogP contribution in [0.4, 0.5) is 18.9 Å². The minimum atomic E-state index is -1.44. The van der Waals surface area contributed by atoms with E-state index in [1.54, 1.807) is 0 Å². The molecule has 0 bridgehead atoms. The summed E-state index contributed by atoms with van der Waals surface area (Å²) in [5.74, 6) is -3.80. The first-order valence-corrected chi connectivity index (χ1v) is 6.62. The van der Waals surface area contributed by atoms with Crippen LogP contribution >= 0.6 is 0 Å². The molecular formula is C16H14F3N. The Balaban J connectivity index is 1.73. The van der Waals surface area contributed by atoms with Crippen LogP contribution < -0.4 is 5.32 Å². The summed E-state index contributed by atoms with van der Waals surface area (Å²) in [7, 11) is 0. The molecule has 2 aromatic carbocycles. The highest BCUT2D eigenvalue weighted by Gasteiger charge is 2.12. The Kier molecular flexibility index (Phi) is 3.38. The van der Waals surface area contributed by atoms with E-state index in [1.165, 1.54) is 17.5 Å². The molecule has 0 aromatic heterocycles. The third kappa shape index (κ3) is 2.50. The number of nitrogens with one attached hydrogen (secondary N) is 1. The van der Waals surface area contributed by atoms with Gasteiger partial charge in [0.2, 0.25) is 0 Å². The zero-order valence-electron chi connectivity index (χ0n) is 10.8. The van der Waals surface area contributed by atoms with Crippen LogP contribution in [0.25, 0.3) is 0 Å². The largest absolute Gasteiger partial charge is 0.381 e. The minimum absolute atomic E-state index is 0.238. The molecule has 3 rings (SSSR count). The van der Waals surface area contributed by atoms with Crippen molar-refractivity contribution in [1.82, 2.24) is 0 Å². The van der Waals surface area contributed by atoms with Crippen molar-refractivity contribution in [3.8, 4) is 0 Å². The average Bonchev–Trinajstić information content (AvgIpc) is 2.89. The molecule has 2 aromatic rings. The van der Waals surface area contributed by atoms with Gasteiger partial charge in [0.1, 0.15) is 0 Å². The van der Waals surface area contributed by atoms with E-state index in [2.05, 4.69) is 17.4 Å². The Hall–Kier alpha value is -1.97. The minimum Gasteiger partial charge on any atom is -0.381 e. The van der Waals surface area contributed by atoms with Gasteiger partial charge in [0.05, 0.1) is 0 Å². The maximum atomic E-state index is 13.1. The lowest BCUT2D eigenvalue weighted by atomic mass is 10.1. The first-order chi connectivity index (χ1) is 9.63. The van der Waals surface area contributed by atoms with Crippen LogP contribution in [-0.4, -0.2) is 0 Å². The standard InChI is InChI=1S/C16H14F3N/c17-14-7-13(8-15(18)16(14)19)20-9-10-4-5-11-2-1-3-12(11)6-10/h4-8,20H,1-3,9H2. The summed E-state index contributed by atoms with van der Waals surface area (Å²) in [5, 5.41) is 2.91. The normalized spacial score (nSPS) is 13.3. The summed E-state index contributed by atoms with van der Waals surface area (Å²) in [6.45, 7) is 0.456. The zero-order valence-corrected chi connectivity index (χ0v) is 10.8. The van der Waals surface area contributed by atoms with Crippen molar-refractivity contribution in [2.24, 2.45) is 0 Å². The van der Waals surface area contributed by atoms with Gasteiger partial charge in [-0.3, -0.25) is 0 Å². The van der Waals surface area contributed by atoms with Crippen molar-refractivity contribution in [3.63, 3.8) is 0 Å². The van der Waals surface area contributed by atoms with E-state index in [1.807, 2.05) is 6.07 Å². The lowest BCUT2D eigenvalue weighted by Gasteiger charge is -2.09. The second kappa shape index (κ2) is 5.19. The molecule has 1 N–H and O–H groups in total. The number of halogens is 3. The molecule has 1 aliphatic rings.